The lowest BCUT2D eigenvalue weighted by molar-refractivity contribution is -0.128. The van der Waals surface area contributed by atoms with Gasteiger partial charge < -0.3 is 5.32 Å². The normalized spacial score (nSPS) is 14.4. The molecule has 0 radical (unpaired) electrons. The molecule has 112 valence electrons. The molecule has 3 nitrogen and oxygen atoms in total. The van der Waals surface area contributed by atoms with Crippen LogP contribution in [0.15, 0.2) is 60.7 Å². The van der Waals surface area contributed by atoms with Crippen LogP contribution in [0, 0.1) is 16.7 Å². The molecule has 0 bridgehead atoms. The van der Waals surface area contributed by atoms with Gasteiger partial charge in [-0.1, -0.05) is 60.7 Å². The van der Waals surface area contributed by atoms with Crippen LogP contribution in [-0.4, -0.2) is 5.91 Å². The zero-order chi connectivity index (χ0) is 16.0. The molecule has 2 aromatic rings. The van der Waals surface area contributed by atoms with Gasteiger partial charge in [-0.25, -0.2) is 0 Å². The lowest BCUT2D eigenvalue weighted by Gasteiger charge is -2.24. The molecular formula is C19H20N2O. The molecule has 22 heavy (non-hydrogen) atoms. The summed E-state index contributed by atoms with van der Waals surface area (Å²) in [6, 6.07) is 21.4. The van der Waals surface area contributed by atoms with Gasteiger partial charge in [0.25, 0.3) is 0 Å². The molecule has 0 aliphatic heterocycles. The van der Waals surface area contributed by atoms with E-state index in [1.54, 1.807) is 6.92 Å². The van der Waals surface area contributed by atoms with E-state index in [2.05, 4.69) is 11.4 Å². The Morgan fingerprint density at radius 2 is 1.68 bits per heavy atom. The first kappa shape index (κ1) is 15.8. The summed E-state index contributed by atoms with van der Waals surface area (Å²) in [5, 5.41) is 12.4. The number of amides is 1. The molecular weight excluding hydrogens is 272 g/mol. The van der Waals surface area contributed by atoms with E-state index in [0.717, 1.165) is 11.1 Å². The number of nitrogens with one attached hydrogen (secondary N) is 1. The third-order valence-corrected chi connectivity index (χ3v) is 3.80. The number of nitrogens with zero attached hydrogens (tertiary/aromatic N) is 1. The van der Waals surface area contributed by atoms with Crippen LogP contribution in [-0.2, 0) is 11.2 Å². The Morgan fingerprint density at radius 1 is 1.14 bits per heavy atom. The van der Waals surface area contributed by atoms with E-state index in [-0.39, 0.29) is 11.9 Å². The van der Waals surface area contributed by atoms with Crippen LogP contribution in [0.5, 0.6) is 0 Å². The molecule has 2 unspecified atom stereocenters. The summed E-state index contributed by atoms with van der Waals surface area (Å²) in [5.41, 5.74) is 0.926. The minimum atomic E-state index is -1.08. The quantitative estimate of drug-likeness (QED) is 0.914. The second-order valence-corrected chi connectivity index (χ2v) is 5.71. The molecule has 2 aromatic carbocycles. The van der Waals surface area contributed by atoms with Gasteiger partial charge in [-0.3, -0.25) is 4.79 Å². The van der Waals surface area contributed by atoms with Gasteiger partial charge in [0.05, 0.1) is 12.1 Å². The Bertz CT molecular complexity index is 661. The first-order valence-electron chi connectivity index (χ1n) is 7.36. The summed E-state index contributed by atoms with van der Waals surface area (Å²) >= 11 is 0. The monoisotopic (exact) mass is 292 g/mol. The molecule has 0 aromatic heterocycles. The van der Waals surface area contributed by atoms with Crippen molar-refractivity contribution in [1.29, 1.82) is 5.26 Å². The van der Waals surface area contributed by atoms with Gasteiger partial charge in [-0.2, -0.15) is 5.26 Å². The Labute approximate surface area is 131 Å². The van der Waals surface area contributed by atoms with E-state index < -0.39 is 5.41 Å². The van der Waals surface area contributed by atoms with Crippen LogP contribution in [0.2, 0.25) is 0 Å². The summed E-state index contributed by atoms with van der Waals surface area (Å²) in [4.78, 5) is 12.6. The number of hydrogen-bond donors (Lipinski definition) is 1. The Morgan fingerprint density at radius 3 is 2.23 bits per heavy atom. The van der Waals surface area contributed by atoms with Gasteiger partial charge in [0.15, 0.2) is 0 Å². The number of carbonyl (C=O) groups is 1. The number of rotatable bonds is 5. The third kappa shape index (κ3) is 3.73. The van der Waals surface area contributed by atoms with Crippen LogP contribution in [0.1, 0.15) is 31.0 Å². The number of carbonyl (C=O) groups excluding carboxylic acids is 1. The fourth-order valence-electron chi connectivity index (χ4n) is 2.36. The SMILES string of the molecule is CC(NC(=O)C(C)(C#N)Cc1ccccc1)c1ccccc1. The van der Waals surface area contributed by atoms with Crippen LogP contribution in [0.4, 0.5) is 0 Å². The van der Waals surface area contributed by atoms with Crippen LogP contribution in [0.3, 0.4) is 0 Å². The zero-order valence-corrected chi connectivity index (χ0v) is 12.9. The molecule has 0 aliphatic rings. The summed E-state index contributed by atoms with van der Waals surface area (Å²) < 4.78 is 0. The van der Waals surface area contributed by atoms with Crippen LogP contribution in [0.25, 0.3) is 0 Å². The lowest BCUT2D eigenvalue weighted by Crippen LogP contribution is -2.40. The second kappa shape index (κ2) is 6.91. The van der Waals surface area contributed by atoms with Crippen molar-refractivity contribution in [3.8, 4) is 6.07 Å². The zero-order valence-electron chi connectivity index (χ0n) is 12.9. The summed E-state index contributed by atoms with van der Waals surface area (Å²) in [5.74, 6) is -0.241. The van der Waals surface area contributed by atoms with Crippen molar-refractivity contribution in [2.24, 2.45) is 5.41 Å². The number of nitriles is 1. The summed E-state index contributed by atoms with van der Waals surface area (Å²) in [6.45, 7) is 3.61. The highest BCUT2D eigenvalue weighted by atomic mass is 16.2. The minimum absolute atomic E-state index is 0.128. The molecule has 0 fully saturated rings. The topological polar surface area (TPSA) is 52.9 Å². The predicted molar refractivity (Wildman–Crippen MR) is 86.9 cm³/mol. The van der Waals surface area contributed by atoms with Crippen molar-refractivity contribution in [3.63, 3.8) is 0 Å². The van der Waals surface area contributed by atoms with Crippen molar-refractivity contribution in [2.75, 3.05) is 0 Å². The Balaban J connectivity index is 2.10. The Hall–Kier alpha value is -2.60. The van der Waals surface area contributed by atoms with Gasteiger partial charge in [0.1, 0.15) is 5.41 Å². The summed E-state index contributed by atoms with van der Waals surface area (Å²) in [6.07, 6.45) is 0.400. The largest absolute Gasteiger partial charge is 0.348 e. The standard InChI is InChI=1S/C19H20N2O/c1-15(17-11-7-4-8-12-17)21-18(22)19(2,14-20)13-16-9-5-3-6-10-16/h3-12,15H,13H2,1-2H3,(H,21,22). The molecule has 1 amide bonds. The van der Waals surface area contributed by atoms with Gasteiger partial charge in [-0.05, 0) is 31.4 Å². The highest BCUT2D eigenvalue weighted by Crippen LogP contribution is 2.24. The fourth-order valence-corrected chi connectivity index (χ4v) is 2.36. The molecule has 0 spiro atoms. The molecule has 3 heteroatoms. The lowest BCUT2D eigenvalue weighted by atomic mass is 9.84. The molecule has 0 saturated heterocycles. The maximum atomic E-state index is 12.6. The highest BCUT2D eigenvalue weighted by Gasteiger charge is 2.34. The predicted octanol–water partition coefficient (Wildman–Crippen LogP) is 3.64. The molecule has 0 saturated carbocycles. The van der Waals surface area contributed by atoms with Crippen molar-refractivity contribution < 1.29 is 4.79 Å². The summed E-state index contributed by atoms with van der Waals surface area (Å²) in [7, 11) is 0. The smallest absolute Gasteiger partial charge is 0.241 e. The van der Waals surface area contributed by atoms with Crippen molar-refractivity contribution >= 4 is 5.91 Å². The highest BCUT2D eigenvalue weighted by molar-refractivity contribution is 5.85. The maximum absolute atomic E-state index is 12.6. The van der Waals surface area contributed by atoms with E-state index in [1.807, 2.05) is 67.6 Å². The van der Waals surface area contributed by atoms with E-state index in [0.29, 0.717) is 6.42 Å². The third-order valence-electron chi connectivity index (χ3n) is 3.80. The fraction of sp³-hybridized carbons (Fsp3) is 0.263. The maximum Gasteiger partial charge on any atom is 0.241 e. The van der Waals surface area contributed by atoms with E-state index in [4.69, 9.17) is 0 Å². The molecule has 2 rings (SSSR count). The van der Waals surface area contributed by atoms with Crippen molar-refractivity contribution in [3.05, 3.63) is 71.8 Å². The Kier molecular flexibility index (Phi) is 4.95. The number of benzene rings is 2. The van der Waals surface area contributed by atoms with Gasteiger partial charge in [-0.15, -0.1) is 0 Å². The van der Waals surface area contributed by atoms with E-state index in [1.165, 1.54) is 0 Å². The first-order chi connectivity index (χ1) is 10.5. The van der Waals surface area contributed by atoms with Crippen molar-refractivity contribution in [2.45, 2.75) is 26.3 Å². The van der Waals surface area contributed by atoms with Gasteiger partial charge in [0.2, 0.25) is 5.91 Å². The molecule has 0 heterocycles. The first-order valence-corrected chi connectivity index (χ1v) is 7.36. The van der Waals surface area contributed by atoms with Gasteiger partial charge in [0, 0.05) is 0 Å². The van der Waals surface area contributed by atoms with Crippen molar-refractivity contribution in [1.82, 2.24) is 5.32 Å². The number of hydrogen-bond acceptors (Lipinski definition) is 2. The average Bonchev–Trinajstić information content (AvgIpc) is 2.56. The molecule has 2 atom stereocenters. The van der Waals surface area contributed by atoms with Crippen LogP contribution < -0.4 is 5.32 Å². The molecule has 0 aliphatic carbocycles. The van der Waals surface area contributed by atoms with E-state index >= 15 is 0 Å². The van der Waals surface area contributed by atoms with E-state index in [9.17, 15) is 10.1 Å². The average molecular weight is 292 g/mol. The second-order valence-electron chi connectivity index (χ2n) is 5.71. The minimum Gasteiger partial charge on any atom is -0.348 e. The molecule has 1 N–H and O–H groups in total. The van der Waals surface area contributed by atoms with Gasteiger partial charge >= 0.3 is 0 Å². The van der Waals surface area contributed by atoms with Crippen LogP contribution >= 0.6 is 0 Å².